The monoisotopic (exact) mass is 248 g/mol. The summed E-state index contributed by atoms with van der Waals surface area (Å²) in [5, 5.41) is 3.18. The molecule has 0 saturated carbocycles. The van der Waals surface area contributed by atoms with E-state index in [-0.39, 0.29) is 0 Å². The molecule has 94 valence electrons. The topological polar surface area (TPSA) is 24.4 Å². The van der Waals surface area contributed by atoms with Gasteiger partial charge in [-0.15, -0.1) is 0 Å². The highest BCUT2D eigenvalue weighted by Crippen LogP contribution is 2.08. The lowest BCUT2D eigenvalue weighted by Crippen LogP contribution is -1.84. The van der Waals surface area contributed by atoms with Gasteiger partial charge < -0.3 is 5.32 Å². The first kappa shape index (κ1) is 12.8. The van der Waals surface area contributed by atoms with Crippen LogP contribution in [0.25, 0.3) is 0 Å². The highest BCUT2D eigenvalue weighted by atomic mass is 14.8. The largest absolute Gasteiger partial charge is 0.362 e. The van der Waals surface area contributed by atoms with Crippen molar-refractivity contribution in [2.75, 3.05) is 5.32 Å². The van der Waals surface area contributed by atoms with Crippen molar-refractivity contribution in [3.63, 3.8) is 0 Å². The molecule has 0 saturated heterocycles. The first-order valence-electron chi connectivity index (χ1n) is 6.18. The molecule has 0 bridgehead atoms. The fourth-order valence-electron chi connectivity index (χ4n) is 1.49. The zero-order valence-electron chi connectivity index (χ0n) is 10.6. The molecule has 0 aliphatic rings. The standard InChI is InChI=1S/C17H16N2/c1-4-10-16(11-5-1)18-14-8-3-9-15-19-17-12-6-2-7-13-17/h1-15,18H/b9-3-,14-8-,19-15?. The average molecular weight is 248 g/mol. The Morgan fingerprint density at radius 3 is 2.16 bits per heavy atom. The molecule has 2 heteroatoms. The van der Waals surface area contributed by atoms with Gasteiger partial charge in [0, 0.05) is 18.1 Å². The summed E-state index contributed by atoms with van der Waals surface area (Å²) in [5.41, 5.74) is 2.03. The molecule has 0 aliphatic heterocycles. The van der Waals surface area contributed by atoms with E-state index in [0.29, 0.717) is 0 Å². The van der Waals surface area contributed by atoms with Gasteiger partial charge in [0.1, 0.15) is 0 Å². The second-order valence-corrected chi connectivity index (χ2v) is 3.87. The van der Waals surface area contributed by atoms with Crippen LogP contribution in [0.15, 0.2) is 90.1 Å². The minimum atomic E-state index is 0.957. The Bertz CT molecular complexity index is 554. The summed E-state index contributed by atoms with van der Waals surface area (Å²) in [6.07, 6.45) is 9.44. The Morgan fingerprint density at radius 2 is 1.42 bits per heavy atom. The summed E-state index contributed by atoms with van der Waals surface area (Å²) < 4.78 is 0. The van der Waals surface area contributed by atoms with E-state index in [1.54, 1.807) is 6.21 Å². The van der Waals surface area contributed by atoms with Crippen molar-refractivity contribution in [2.45, 2.75) is 0 Å². The van der Waals surface area contributed by atoms with Gasteiger partial charge >= 0.3 is 0 Å². The van der Waals surface area contributed by atoms with Gasteiger partial charge in [-0.25, -0.2) is 0 Å². The molecule has 0 heterocycles. The number of hydrogen-bond acceptors (Lipinski definition) is 2. The van der Waals surface area contributed by atoms with E-state index >= 15 is 0 Å². The summed E-state index contributed by atoms with van der Waals surface area (Å²) in [6, 6.07) is 19.9. The average Bonchev–Trinajstić information content (AvgIpc) is 2.48. The number of hydrogen-bond donors (Lipinski definition) is 1. The van der Waals surface area contributed by atoms with Crippen molar-refractivity contribution in [2.24, 2.45) is 4.99 Å². The molecular formula is C17H16N2. The molecule has 0 spiro atoms. The molecular weight excluding hydrogens is 232 g/mol. The van der Waals surface area contributed by atoms with Crippen LogP contribution in [0, 0.1) is 0 Å². The second kappa shape index (κ2) is 7.67. The van der Waals surface area contributed by atoms with E-state index in [9.17, 15) is 0 Å². The lowest BCUT2D eigenvalue weighted by Gasteiger charge is -1.97. The number of nitrogens with one attached hydrogen (secondary N) is 1. The van der Waals surface area contributed by atoms with Crippen LogP contribution >= 0.6 is 0 Å². The van der Waals surface area contributed by atoms with Gasteiger partial charge in [-0.05, 0) is 36.4 Å². The molecule has 0 atom stereocenters. The zero-order chi connectivity index (χ0) is 13.2. The van der Waals surface area contributed by atoms with Gasteiger partial charge in [-0.1, -0.05) is 42.5 Å². The van der Waals surface area contributed by atoms with Gasteiger partial charge in [0.25, 0.3) is 0 Å². The van der Waals surface area contributed by atoms with Crippen LogP contribution in [0.5, 0.6) is 0 Å². The van der Waals surface area contributed by atoms with E-state index in [2.05, 4.69) is 10.3 Å². The van der Waals surface area contributed by atoms with Crippen molar-refractivity contribution in [1.29, 1.82) is 0 Å². The van der Waals surface area contributed by atoms with Gasteiger partial charge in [0.2, 0.25) is 0 Å². The molecule has 0 fully saturated rings. The molecule has 0 aromatic heterocycles. The molecule has 1 N–H and O–H groups in total. The molecule has 2 rings (SSSR count). The lowest BCUT2D eigenvalue weighted by molar-refractivity contribution is 1.54. The van der Waals surface area contributed by atoms with Crippen molar-refractivity contribution in [3.8, 4) is 0 Å². The highest BCUT2D eigenvalue weighted by molar-refractivity contribution is 5.74. The van der Waals surface area contributed by atoms with Gasteiger partial charge in [-0.2, -0.15) is 0 Å². The third kappa shape index (κ3) is 5.04. The summed E-state index contributed by atoms with van der Waals surface area (Å²) in [4.78, 5) is 4.30. The molecule has 19 heavy (non-hydrogen) atoms. The summed E-state index contributed by atoms with van der Waals surface area (Å²) in [5.74, 6) is 0. The smallest absolute Gasteiger partial charge is 0.0629 e. The van der Waals surface area contributed by atoms with E-state index in [0.717, 1.165) is 11.4 Å². The molecule has 0 amide bonds. The Labute approximate surface area is 113 Å². The molecule has 0 aliphatic carbocycles. The van der Waals surface area contributed by atoms with Crippen molar-refractivity contribution in [3.05, 3.63) is 85.1 Å². The SMILES string of the molecule is C(/C=C\C=C/Nc1ccccc1)=Nc1ccccc1. The van der Waals surface area contributed by atoms with E-state index in [1.807, 2.05) is 85.1 Å². The number of aliphatic imine (C=N–C) groups is 1. The van der Waals surface area contributed by atoms with Crippen LogP contribution < -0.4 is 5.32 Å². The van der Waals surface area contributed by atoms with Crippen LogP contribution in [-0.2, 0) is 0 Å². The molecule has 2 aromatic rings. The molecule has 0 radical (unpaired) electrons. The van der Waals surface area contributed by atoms with Crippen LogP contribution in [0.2, 0.25) is 0 Å². The minimum Gasteiger partial charge on any atom is -0.362 e. The van der Waals surface area contributed by atoms with E-state index < -0.39 is 0 Å². The van der Waals surface area contributed by atoms with Crippen LogP contribution in [0.1, 0.15) is 0 Å². The third-order valence-electron chi connectivity index (χ3n) is 2.41. The summed E-state index contributed by atoms with van der Waals surface area (Å²) in [6.45, 7) is 0. The number of allylic oxidation sites excluding steroid dienone is 3. The first-order chi connectivity index (χ1) is 9.45. The van der Waals surface area contributed by atoms with Crippen LogP contribution in [0.3, 0.4) is 0 Å². The van der Waals surface area contributed by atoms with E-state index in [4.69, 9.17) is 0 Å². The Balaban J connectivity index is 1.76. The van der Waals surface area contributed by atoms with Gasteiger partial charge in [-0.3, -0.25) is 4.99 Å². The normalized spacial score (nSPS) is 11.6. The maximum absolute atomic E-state index is 4.30. The quantitative estimate of drug-likeness (QED) is 0.608. The number of rotatable bonds is 5. The predicted molar refractivity (Wildman–Crippen MR) is 82.9 cm³/mol. The summed E-state index contributed by atoms with van der Waals surface area (Å²) >= 11 is 0. The second-order valence-electron chi connectivity index (χ2n) is 3.87. The number of anilines is 1. The molecule has 0 unspecified atom stereocenters. The van der Waals surface area contributed by atoms with Gasteiger partial charge in [0.15, 0.2) is 0 Å². The van der Waals surface area contributed by atoms with Crippen LogP contribution in [-0.4, -0.2) is 6.21 Å². The fraction of sp³-hybridized carbons (Fsp3) is 0. The summed E-state index contributed by atoms with van der Waals surface area (Å²) in [7, 11) is 0. The molecule has 2 nitrogen and oxygen atoms in total. The lowest BCUT2D eigenvalue weighted by atomic mass is 10.3. The highest BCUT2D eigenvalue weighted by Gasteiger charge is 1.82. The Hall–Kier alpha value is -2.61. The predicted octanol–water partition coefficient (Wildman–Crippen LogP) is 4.57. The Morgan fingerprint density at radius 1 is 0.737 bits per heavy atom. The Kier molecular flexibility index (Phi) is 5.18. The third-order valence-corrected chi connectivity index (χ3v) is 2.41. The van der Waals surface area contributed by atoms with Crippen molar-refractivity contribution >= 4 is 17.6 Å². The van der Waals surface area contributed by atoms with Crippen molar-refractivity contribution in [1.82, 2.24) is 0 Å². The fourth-order valence-corrected chi connectivity index (χ4v) is 1.49. The number of nitrogens with zero attached hydrogens (tertiary/aromatic N) is 1. The minimum absolute atomic E-state index is 0.957. The zero-order valence-corrected chi connectivity index (χ0v) is 10.6. The number of benzene rings is 2. The van der Waals surface area contributed by atoms with Crippen LogP contribution in [0.4, 0.5) is 11.4 Å². The first-order valence-corrected chi connectivity index (χ1v) is 6.18. The molecule has 2 aromatic carbocycles. The van der Waals surface area contributed by atoms with Crippen molar-refractivity contribution < 1.29 is 0 Å². The maximum Gasteiger partial charge on any atom is 0.0629 e. The number of para-hydroxylation sites is 2. The maximum atomic E-state index is 4.30. The van der Waals surface area contributed by atoms with Gasteiger partial charge in [0.05, 0.1) is 5.69 Å². The van der Waals surface area contributed by atoms with E-state index in [1.165, 1.54) is 0 Å².